The first kappa shape index (κ1) is 27.1. The molecule has 0 aliphatic carbocycles. The quantitative estimate of drug-likeness (QED) is 0.123. The van der Waals surface area contributed by atoms with Crippen molar-refractivity contribution in [3.63, 3.8) is 0 Å². The summed E-state index contributed by atoms with van der Waals surface area (Å²) in [7, 11) is -2.50. The van der Waals surface area contributed by atoms with Crippen molar-refractivity contribution in [2.75, 3.05) is 13.7 Å². The lowest BCUT2D eigenvalue weighted by molar-refractivity contribution is -0.135. The number of carboxylic acids is 1. The monoisotopic (exact) mass is 580 g/mol. The number of carbonyl (C=O) groups is 1. The van der Waals surface area contributed by atoms with Gasteiger partial charge in [0.2, 0.25) is 10.0 Å². The first-order valence-electron chi connectivity index (χ1n) is 11.9. The van der Waals surface area contributed by atoms with Crippen molar-refractivity contribution in [3.8, 4) is 5.75 Å². The lowest BCUT2D eigenvalue weighted by Crippen LogP contribution is -2.30. The van der Waals surface area contributed by atoms with E-state index >= 15 is 0 Å². The predicted molar refractivity (Wildman–Crippen MR) is 152 cm³/mol. The van der Waals surface area contributed by atoms with Gasteiger partial charge in [0.1, 0.15) is 23.1 Å². The van der Waals surface area contributed by atoms with Crippen LogP contribution in [0.25, 0.3) is 21.3 Å². The van der Waals surface area contributed by atoms with Crippen molar-refractivity contribution in [1.82, 2.24) is 19.7 Å². The van der Waals surface area contributed by atoms with Gasteiger partial charge < -0.3 is 25.5 Å². The van der Waals surface area contributed by atoms with E-state index in [9.17, 15) is 18.0 Å². The molecule has 0 saturated carbocycles. The molecule has 12 nitrogen and oxygen atoms in total. The Morgan fingerprint density at radius 1 is 1.15 bits per heavy atom. The lowest BCUT2D eigenvalue weighted by atomic mass is 10.0. The van der Waals surface area contributed by atoms with Gasteiger partial charge in [-0.3, -0.25) is 9.79 Å². The molecule has 14 heteroatoms. The van der Waals surface area contributed by atoms with E-state index in [1.165, 1.54) is 29.5 Å². The average molecular weight is 581 g/mol. The van der Waals surface area contributed by atoms with Crippen LogP contribution in [0.5, 0.6) is 5.75 Å². The van der Waals surface area contributed by atoms with E-state index in [0.717, 1.165) is 10.3 Å². The van der Waals surface area contributed by atoms with E-state index in [1.54, 1.807) is 37.4 Å². The fourth-order valence-electron chi connectivity index (χ4n) is 4.15. The SMILES string of the molecule is COc1ccc2nc(C(Cc3cccc(C(N)=NCC(=O)O)c3)NS(=O)(=O)c3ccc4[nH]c(=O)[nH]c4c3)sc2c1. The molecule has 2 aromatic heterocycles. The van der Waals surface area contributed by atoms with E-state index in [2.05, 4.69) is 19.7 Å². The van der Waals surface area contributed by atoms with Gasteiger partial charge in [0.15, 0.2) is 0 Å². The number of amidine groups is 1. The zero-order valence-corrected chi connectivity index (χ0v) is 22.7. The Labute approximate surface area is 231 Å². The molecule has 0 fully saturated rings. The number of methoxy groups -OCH3 is 1. The summed E-state index contributed by atoms with van der Waals surface area (Å²) in [6, 6.07) is 15.9. The maximum atomic E-state index is 13.5. The van der Waals surface area contributed by atoms with E-state index in [-0.39, 0.29) is 17.2 Å². The second-order valence-corrected chi connectivity index (χ2v) is 11.6. The molecule has 1 atom stereocenters. The number of benzene rings is 3. The molecule has 0 spiro atoms. The van der Waals surface area contributed by atoms with E-state index < -0.39 is 34.3 Å². The molecule has 0 saturated heterocycles. The van der Waals surface area contributed by atoms with Crippen molar-refractivity contribution in [3.05, 3.63) is 87.3 Å². The van der Waals surface area contributed by atoms with Crippen LogP contribution in [0.15, 0.2) is 75.3 Å². The number of imidazole rings is 1. The van der Waals surface area contributed by atoms with Gasteiger partial charge in [0, 0.05) is 5.56 Å². The highest BCUT2D eigenvalue weighted by Gasteiger charge is 2.25. The Morgan fingerprint density at radius 2 is 1.95 bits per heavy atom. The molecule has 1 unspecified atom stereocenters. The summed E-state index contributed by atoms with van der Waals surface area (Å²) in [6.45, 7) is -0.468. The minimum absolute atomic E-state index is 0.0261. The molecule has 0 bridgehead atoms. The third-order valence-corrected chi connectivity index (χ3v) is 8.65. The second-order valence-electron chi connectivity index (χ2n) is 8.85. The van der Waals surface area contributed by atoms with Crippen LogP contribution in [-0.2, 0) is 21.2 Å². The maximum Gasteiger partial charge on any atom is 0.325 e. The number of H-pyrrole nitrogens is 2. The molecule has 0 amide bonds. The van der Waals surface area contributed by atoms with Crippen LogP contribution in [0.1, 0.15) is 22.2 Å². The molecule has 0 radical (unpaired) electrons. The summed E-state index contributed by atoms with van der Waals surface area (Å²) in [5.41, 5.74) is 8.31. The molecule has 0 aliphatic heterocycles. The standard InChI is InChI=1S/C26H24N6O6S2/c1-38-16-5-7-19-22(11-16)39-25(29-19)21(10-14-3-2-4-15(9-14)24(27)28-13-23(33)34)32-40(36,37)17-6-8-18-20(12-17)31-26(35)30-18/h2-9,11-12,21,32H,10,13H2,1H3,(H2,27,28)(H,33,34)(H2,30,31,35). The van der Waals surface area contributed by atoms with Gasteiger partial charge in [-0.15, -0.1) is 11.3 Å². The van der Waals surface area contributed by atoms with Crippen molar-refractivity contribution in [2.45, 2.75) is 17.4 Å². The fraction of sp³-hybridized carbons (Fsp3) is 0.154. The van der Waals surface area contributed by atoms with Crippen LogP contribution < -0.4 is 20.9 Å². The number of nitrogens with one attached hydrogen (secondary N) is 3. The van der Waals surface area contributed by atoms with Crippen LogP contribution in [-0.4, -0.2) is 53.9 Å². The molecule has 3 aromatic carbocycles. The van der Waals surface area contributed by atoms with Gasteiger partial charge in [-0.05, 0) is 54.4 Å². The Kier molecular flexibility index (Phi) is 7.38. The highest BCUT2D eigenvalue weighted by Crippen LogP contribution is 2.32. The number of carboxylic acid groups (broad SMARTS) is 1. The zero-order valence-electron chi connectivity index (χ0n) is 21.0. The molecular weight excluding hydrogens is 556 g/mol. The maximum absolute atomic E-state index is 13.5. The minimum Gasteiger partial charge on any atom is -0.497 e. The Hall–Kier alpha value is -4.53. The number of hydrogen-bond donors (Lipinski definition) is 5. The minimum atomic E-state index is -4.06. The van der Waals surface area contributed by atoms with Crippen LogP contribution in [0.2, 0.25) is 0 Å². The van der Waals surface area contributed by atoms with Crippen LogP contribution >= 0.6 is 11.3 Å². The summed E-state index contributed by atoms with van der Waals surface area (Å²) in [5.74, 6) is -0.400. The molecule has 5 aromatic rings. The molecule has 0 aliphatic rings. The largest absolute Gasteiger partial charge is 0.497 e. The van der Waals surface area contributed by atoms with Gasteiger partial charge >= 0.3 is 11.7 Å². The number of thiazole rings is 1. The normalized spacial score (nSPS) is 13.1. The number of nitrogens with zero attached hydrogens (tertiary/aromatic N) is 2. The number of aromatic nitrogens is 3. The number of nitrogens with two attached hydrogens (primary N) is 1. The van der Waals surface area contributed by atoms with Crippen LogP contribution in [0, 0.1) is 0 Å². The molecule has 206 valence electrons. The smallest absolute Gasteiger partial charge is 0.325 e. The number of sulfonamides is 1. The topological polar surface area (TPSA) is 193 Å². The number of fused-ring (bicyclic) bond motifs is 2. The van der Waals surface area contributed by atoms with E-state index in [4.69, 9.17) is 20.6 Å². The summed E-state index contributed by atoms with van der Waals surface area (Å²) in [4.78, 5) is 36.2. The predicted octanol–water partition coefficient (Wildman–Crippen LogP) is 2.53. The van der Waals surface area contributed by atoms with Crippen molar-refractivity contribution < 1.29 is 23.1 Å². The Bertz CT molecular complexity index is 1920. The Morgan fingerprint density at radius 3 is 2.73 bits per heavy atom. The van der Waals surface area contributed by atoms with Gasteiger partial charge in [-0.1, -0.05) is 18.2 Å². The highest BCUT2D eigenvalue weighted by molar-refractivity contribution is 7.89. The van der Waals surface area contributed by atoms with Crippen LogP contribution in [0.4, 0.5) is 0 Å². The van der Waals surface area contributed by atoms with Crippen LogP contribution in [0.3, 0.4) is 0 Å². The summed E-state index contributed by atoms with van der Waals surface area (Å²) < 4.78 is 36.0. The van der Waals surface area contributed by atoms with E-state index in [0.29, 0.717) is 32.9 Å². The van der Waals surface area contributed by atoms with Crippen molar-refractivity contribution in [1.29, 1.82) is 0 Å². The molecule has 6 N–H and O–H groups in total. The molecular formula is C26H24N6O6S2. The first-order chi connectivity index (χ1) is 19.1. The number of aliphatic carboxylic acids is 1. The van der Waals surface area contributed by atoms with E-state index in [1.807, 2.05) is 12.1 Å². The number of rotatable bonds is 10. The van der Waals surface area contributed by atoms with Crippen molar-refractivity contribution in [2.24, 2.45) is 10.7 Å². The van der Waals surface area contributed by atoms with Gasteiger partial charge in [-0.25, -0.2) is 22.9 Å². The lowest BCUT2D eigenvalue weighted by Gasteiger charge is -2.17. The fourth-order valence-corrected chi connectivity index (χ4v) is 6.50. The first-order valence-corrected chi connectivity index (χ1v) is 14.2. The van der Waals surface area contributed by atoms with Crippen molar-refractivity contribution >= 4 is 54.4 Å². The highest BCUT2D eigenvalue weighted by atomic mass is 32.2. The van der Waals surface area contributed by atoms with Gasteiger partial charge in [0.25, 0.3) is 0 Å². The third-order valence-electron chi connectivity index (χ3n) is 6.05. The number of hydrogen-bond acceptors (Lipinski definition) is 8. The number of ether oxygens (including phenoxy) is 1. The second kappa shape index (κ2) is 10.9. The Balaban J connectivity index is 1.52. The average Bonchev–Trinajstić information content (AvgIpc) is 3.52. The summed E-state index contributed by atoms with van der Waals surface area (Å²) >= 11 is 1.33. The van der Waals surface area contributed by atoms with Gasteiger partial charge in [-0.2, -0.15) is 0 Å². The summed E-state index contributed by atoms with van der Waals surface area (Å²) in [5, 5.41) is 9.43. The molecule has 5 rings (SSSR count). The van der Waals surface area contributed by atoms with Gasteiger partial charge in [0.05, 0.1) is 39.3 Å². The number of aliphatic imine (C=N–C) groups is 1. The summed E-state index contributed by atoms with van der Waals surface area (Å²) in [6.07, 6.45) is 0.208. The third kappa shape index (κ3) is 5.88. The molecule has 2 heterocycles. The molecule has 40 heavy (non-hydrogen) atoms. The number of aromatic amines is 2. The zero-order chi connectivity index (χ0) is 28.4.